The Morgan fingerprint density at radius 1 is 1.69 bits per heavy atom. The van der Waals surface area contributed by atoms with Crippen molar-refractivity contribution in [1.82, 2.24) is 4.98 Å². The van der Waals surface area contributed by atoms with E-state index in [1.807, 2.05) is 0 Å². The van der Waals surface area contributed by atoms with Gasteiger partial charge in [0.1, 0.15) is 5.75 Å². The van der Waals surface area contributed by atoms with E-state index in [1.165, 1.54) is 19.4 Å². The molecule has 0 atom stereocenters. The molecule has 70 valence electrons. The van der Waals surface area contributed by atoms with Crippen LogP contribution in [-0.2, 0) is 6.61 Å². The van der Waals surface area contributed by atoms with Crippen LogP contribution in [0.3, 0.4) is 0 Å². The van der Waals surface area contributed by atoms with Crippen molar-refractivity contribution >= 4 is 5.97 Å². The van der Waals surface area contributed by atoms with Gasteiger partial charge in [-0.3, -0.25) is 0 Å². The number of ether oxygens (including phenoxy) is 1. The van der Waals surface area contributed by atoms with E-state index in [0.717, 1.165) is 0 Å². The average Bonchev–Trinajstić information content (AvgIpc) is 2.16. The van der Waals surface area contributed by atoms with Gasteiger partial charge in [0.05, 0.1) is 19.3 Å². The first kappa shape index (κ1) is 9.47. The molecule has 1 rings (SSSR count). The second kappa shape index (κ2) is 3.86. The van der Waals surface area contributed by atoms with Gasteiger partial charge < -0.3 is 14.9 Å². The van der Waals surface area contributed by atoms with Crippen LogP contribution in [0.4, 0.5) is 0 Å². The monoisotopic (exact) mass is 183 g/mol. The third kappa shape index (κ3) is 1.75. The summed E-state index contributed by atoms with van der Waals surface area (Å²) in [5.41, 5.74) is 0.0133. The standard InChI is InChI=1S/C8H9NO4/c1-13-6-2-3-9-7(8(11)12)5(6)4-10/h2-3,10H,4H2,1H3,(H,11,12). The van der Waals surface area contributed by atoms with Crippen LogP contribution in [0.25, 0.3) is 0 Å². The lowest BCUT2D eigenvalue weighted by molar-refractivity contribution is 0.0686. The molecule has 0 saturated carbocycles. The Hall–Kier alpha value is -1.62. The van der Waals surface area contributed by atoms with Gasteiger partial charge in [-0.15, -0.1) is 0 Å². The maximum absolute atomic E-state index is 10.6. The zero-order valence-electron chi connectivity index (χ0n) is 7.02. The minimum atomic E-state index is -1.18. The minimum Gasteiger partial charge on any atom is -0.496 e. The number of aromatic nitrogens is 1. The molecular formula is C8H9NO4. The molecular weight excluding hydrogens is 174 g/mol. The zero-order chi connectivity index (χ0) is 9.84. The van der Waals surface area contributed by atoms with Gasteiger partial charge in [-0.05, 0) is 6.07 Å². The summed E-state index contributed by atoms with van der Waals surface area (Å²) in [6, 6.07) is 1.50. The number of aliphatic hydroxyl groups excluding tert-OH is 1. The molecule has 5 heteroatoms. The van der Waals surface area contributed by atoms with Crippen molar-refractivity contribution in [3.63, 3.8) is 0 Å². The highest BCUT2D eigenvalue weighted by atomic mass is 16.5. The van der Waals surface area contributed by atoms with Crippen LogP contribution < -0.4 is 4.74 Å². The normalized spacial score (nSPS) is 9.69. The predicted molar refractivity (Wildman–Crippen MR) is 43.7 cm³/mol. The number of methoxy groups -OCH3 is 1. The first-order valence-electron chi connectivity index (χ1n) is 3.56. The van der Waals surface area contributed by atoms with Gasteiger partial charge in [0.15, 0.2) is 5.69 Å². The second-order valence-electron chi connectivity index (χ2n) is 2.30. The highest BCUT2D eigenvalue weighted by molar-refractivity contribution is 5.87. The van der Waals surface area contributed by atoms with Gasteiger partial charge in [-0.1, -0.05) is 0 Å². The summed E-state index contributed by atoms with van der Waals surface area (Å²) in [7, 11) is 1.40. The molecule has 0 bridgehead atoms. The molecule has 0 radical (unpaired) electrons. The number of aromatic carboxylic acids is 1. The van der Waals surface area contributed by atoms with E-state index in [-0.39, 0.29) is 11.3 Å². The molecule has 0 aliphatic carbocycles. The lowest BCUT2D eigenvalue weighted by Gasteiger charge is -2.07. The van der Waals surface area contributed by atoms with Crippen LogP contribution in [-0.4, -0.2) is 28.3 Å². The van der Waals surface area contributed by atoms with Crippen LogP contribution in [0.1, 0.15) is 16.1 Å². The van der Waals surface area contributed by atoms with Gasteiger partial charge in [0, 0.05) is 6.20 Å². The first-order chi connectivity index (χ1) is 6.20. The highest BCUT2D eigenvalue weighted by Gasteiger charge is 2.14. The van der Waals surface area contributed by atoms with Crippen LogP contribution >= 0.6 is 0 Å². The Balaban J connectivity index is 3.27. The molecule has 1 heterocycles. The van der Waals surface area contributed by atoms with Crippen molar-refractivity contribution in [1.29, 1.82) is 0 Å². The van der Waals surface area contributed by atoms with Gasteiger partial charge in [-0.2, -0.15) is 0 Å². The minimum absolute atomic E-state index is 0.179. The topological polar surface area (TPSA) is 79.7 Å². The Morgan fingerprint density at radius 3 is 2.85 bits per heavy atom. The maximum Gasteiger partial charge on any atom is 0.355 e. The Morgan fingerprint density at radius 2 is 2.38 bits per heavy atom. The first-order valence-corrected chi connectivity index (χ1v) is 3.56. The molecule has 0 aromatic carbocycles. The third-order valence-corrected chi connectivity index (χ3v) is 1.59. The molecule has 0 unspecified atom stereocenters. The SMILES string of the molecule is COc1ccnc(C(=O)O)c1CO. The fraction of sp³-hybridized carbons (Fsp3) is 0.250. The van der Waals surface area contributed by atoms with Gasteiger partial charge >= 0.3 is 5.97 Å². The molecule has 0 aliphatic rings. The largest absolute Gasteiger partial charge is 0.496 e. The number of carbonyl (C=O) groups is 1. The van der Waals surface area contributed by atoms with Crippen molar-refractivity contribution in [3.05, 3.63) is 23.5 Å². The second-order valence-corrected chi connectivity index (χ2v) is 2.30. The fourth-order valence-corrected chi connectivity index (χ4v) is 1.00. The van der Waals surface area contributed by atoms with Gasteiger partial charge in [-0.25, -0.2) is 9.78 Å². The summed E-state index contributed by atoms with van der Waals surface area (Å²) in [5.74, 6) is -0.849. The quantitative estimate of drug-likeness (QED) is 0.703. The van der Waals surface area contributed by atoms with Crippen molar-refractivity contribution < 1.29 is 19.7 Å². The number of rotatable bonds is 3. The van der Waals surface area contributed by atoms with Crippen molar-refractivity contribution in [2.45, 2.75) is 6.61 Å². The summed E-state index contributed by atoms with van der Waals surface area (Å²) >= 11 is 0. The summed E-state index contributed by atoms with van der Waals surface area (Å²) in [4.78, 5) is 14.2. The van der Waals surface area contributed by atoms with Crippen LogP contribution in [0, 0.1) is 0 Å². The molecule has 0 amide bonds. The summed E-state index contributed by atoms with van der Waals surface area (Å²) in [6.07, 6.45) is 1.32. The third-order valence-electron chi connectivity index (χ3n) is 1.59. The molecule has 1 aromatic rings. The van der Waals surface area contributed by atoms with Crippen molar-refractivity contribution in [3.8, 4) is 5.75 Å². The summed E-state index contributed by atoms with van der Waals surface area (Å²) in [6.45, 7) is -0.404. The van der Waals surface area contributed by atoms with Gasteiger partial charge in [0.2, 0.25) is 0 Å². The fourth-order valence-electron chi connectivity index (χ4n) is 1.00. The van der Waals surface area contributed by atoms with E-state index >= 15 is 0 Å². The average molecular weight is 183 g/mol. The van der Waals surface area contributed by atoms with Crippen molar-refractivity contribution in [2.24, 2.45) is 0 Å². The molecule has 0 fully saturated rings. The van der Waals surface area contributed by atoms with Gasteiger partial charge in [0.25, 0.3) is 0 Å². The Kier molecular flexibility index (Phi) is 2.81. The molecule has 13 heavy (non-hydrogen) atoms. The molecule has 0 aliphatic heterocycles. The Bertz CT molecular complexity index is 324. The van der Waals surface area contributed by atoms with Crippen LogP contribution in [0.2, 0.25) is 0 Å². The smallest absolute Gasteiger partial charge is 0.355 e. The van der Waals surface area contributed by atoms with E-state index in [2.05, 4.69) is 4.98 Å². The number of carboxylic acid groups (broad SMARTS) is 1. The number of hydrogen-bond donors (Lipinski definition) is 2. The van der Waals surface area contributed by atoms with Crippen molar-refractivity contribution in [2.75, 3.05) is 7.11 Å². The van der Waals surface area contributed by atoms with Crippen LogP contribution in [0.15, 0.2) is 12.3 Å². The summed E-state index contributed by atoms with van der Waals surface area (Å²) < 4.78 is 4.86. The lowest BCUT2D eigenvalue weighted by Crippen LogP contribution is -2.07. The number of hydrogen-bond acceptors (Lipinski definition) is 4. The molecule has 1 aromatic heterocycles. The summed E-state index contributed by atoms with van der Waals surface area (Å²) in [5, 5.41) is 17.6. The maximum atomic E-state index is 10.6. The number of nitrogens with zero attached hydrogens (tertiary/aromatic N) is 1. The van der Waals surface area contributed by atoms with E-state index in [1.54, 1.807) is 0 Å². The predicted octanol–water partition coefficient (Wildman–Crippen LogP) is 0.281. The Labute approximate surface area is 74.6 Å². The lowest BCUT2D eigenvalue weighted by atomic mass is 10.2. The van der Waals surface area contributed by atoms with E-state index in [0.29, 0.717) is 5.75 Å². The molecule has 2 N–H and O–H groups in total. The molecule has 0 saturated heterocycles. The molecule has 5 nitrogen and oxygen atoms in total. The number of pyridine rings is 1. The van der Waals surface area contributed by atoms with Crippen LogP contribution in [0.5, 0.6) is 5.75 Å². The number of aliphatic hydroxyl groups is 1. The van der Waals surface area contributed by atoms with E-state index < -0.39 is 12.6 Å². The number of carboxylic acids is 1. The van der Waals surface area contributed by atoms with E-state index in [4.69, 9.17) is 14.9 Å². The molecule has 0 spiro atoms. The van der Waals surface area contributed by atoms with E-state index in [9.17, 15) is 4.79 Å². The zero-order valence-corrected chi connectivity index (χ0v) is 7.02. The highest BCUT2D eigenvalue weighted by Crippen LogP contribution is 2.19.